The van der Waals surface area contributed by atoms with E-state index in [4.69, 9.17) is 0 Å². The van der Waals surface area contributed by atoms with E-state index in [-0.39, 0.29) is 18.1 Å². The first kappa shape index (κ1) is 16.7. The molecule has 1 aliphatic heterocycles. The van der Waals surface area contributed by atoms with Gasteiger partial charge in [-0.2, -0.15) is 0 Å². The summed E-state index contributed by atoms with van der Waals surface area (Å²) in [4.78, 5) is 40.0. The van der Waals surface area contributed by atoms with E-state index in [0.29, 0.717) is 23.3 Å². The predicted molar refractivity (Wildman–Crippen MR) is 97.5 cm³/mol. The lowest BCUT2D eigenvalue weighted by Crippen LogP contribution is -2.42. The van der Waals surface area contributed by atoms with Crippen LogP contribution in [0.1, 0.15) is 12.8 Å². The molecule has 3 aromatic rings. The zero-order chi connectivity index (χ0) is 18.3. The van der Waals surface area contributed by atoms with Gasteiger partial charge in [0, 0.05) is 13.1 Å². The van der Waals surface area contributed by atoms with E-state index in [1.165, 1.54) is 34.1 Å². The number of hydrogen-bond donors (Lipinski definition) is 0. The first-order valence-corrected chi connectivity index (χ1v) is 9.21. The summed E-state index contributed by atoms with van der Waals surface area (Å²) in [6.07, 6.45) is 1.90. The molecule has 2 aromatic heterocycles. The number of para-hydroxylation sites is 1. The molecule has 134 valence electrons. The molecule has 1 fully saturated rings. The lowest BCUT2D eigenvalue weighted by molar-refractivity contribution is -0.130. The predicted octanol–water partition coefficient (Wildman–Crippen LogP) is 1.98. The SMILES string of the molecule is O=C(Cn1c(=O)n(-c2ccccc2F)c(=O)c2sccc21)N1CCCC1. The van der Waals surface area contributed by atoms with Crippen LogP contribution in [0.3, 0.4) is 0 Å². The van der Waals surface area contributed by atoms with Gasteiger partial charge < -0.3 is 4.90 Å². The van der Waals surface area contributed by atoms with Crippen LogP contribution in [-0.2, 0) is 11.3 Å². The maximum Gasteiger partial charge on any atom is 0.336 e. The Labute approximate surface area is 151 Å². The largest absolute Gasteiger partial charge is 0.341 e. The minimum Gasteiger partial charge on any atom is -0.341 e. The van der Waals surface area contributed by atoms with Gasteiger partial charge >= 0.3 is 5.69 Å². The number of aromatic nitrogens is 2. The minimum absolute atomic E-state index is 0.111. The molecule has 0 spiro atoms. The Morgan fingerprint density at radius 2 is 1.85 bits per heavy atom. The number of amides is 1. The van der Waals surface area contributed by atoms with E-state index in [0.717, 1.165) is 17.4 Å². The number of carbonyl (C=O) groups is 1. The van der Waals surface area contributed by atoms with Crippen LogP contribution in [0, 0.1) is 5.82 Å². The van der Waals surface area contributed by atoms with Gasteiger partial charge in [0.15, 0.2) is 0 Å². The molecule has 0 saturated carbocycles. The van der Waals surface area contributed by atoms with E-state index >= 15 is 0 Å². The fraction of sp³-hybridized carbons (Fsp3) is 0.278. The molecule has 1 aromatic carbocycles. The Bertz CT molecular complexity index is 1110. The van der Waals surface area contributed by atoms with Gasteiger partial charge in [-0.1, -0.05) is 12.1 Å². The van der Waals surface area contributed by atoms with E-state index in [1.54, 1.807) is 22.4 Å². The molecule has 0 unspecified atom stereocenters. The van der Waals surface area contributed by atoms with Crippen LogP contribution in [0.5, 0.6) is 0 Å². The summed E-state index contributed by atoms with van der Waals surface area (Å²) < 4.78 is 16.6. The van der Waals surface area contributed by atoms with Crippen LogP contribution < -0.4 is 11.2 Å². The van der Waals surface area contributed by atoms with Gasteiger partial charge in [0.25, 0.3) is 5.56 Å². The van der Waals surface area contributed by atoms with Gasteiger partial charge in [0.05, 0.1) is 11.2 Å². The molecule has 26 heavy (non-hydrogen) atoms. The highest BCUT2D eigenvalue weighted by atomic mass is 32.1. The number of nitrogens with zero attached hydrogens (tertiary/aromatic N) is 3. The third-order valence-electron chi connectivity index (χ3n) is 4.60. The third-order valence-corrected chi connectivity index (χ3v) is 5.49. The van der Waals surface area contributed by atoms with E-state index in [9.17, 15) is 18.8 Å². The number of rotatable bonds is 3. The molecule has 1 aliphatic rings. The van der Waals surface area contributed by atoms with Crippen molar-refractivity contribution in [2.75, 3.05) is 13.1 Å². The quantitative estimate of drug-likeness (QED) is 0.705. The highest BCUT2D eigenvalue weighted by Crippen LogP contribution is 2.18. The second-order valence-electron chi connectivity index (χ2n) is 6.18. The summed E-state index contributed by atoms with van der Waals surface area (Å²) in [5, 5.41) is 1.69. The molecular formula is C18H16FN3O3S. The summed E-state index contributed by atoms with van der Waals surface area (Å²) in [6, 6.07) is 7.27. The average Bonchev–Trinajstić information content (AvgIpc) is 3.32. The molecular weight excluding hydrogens is 357 g/mol. The van der Waals surface area contributed by atoms with Gasteiger partial charge in [0.1, 0.15) is 17.1 Å². The Morgan fingerprint density at radius 1 is 1.12 bits per heavy atom. The lowest BCUT2D eigenvalue weighted by Gasteiger charge is -2.17. The van der Waals surface area contributed by atoms with Crippen molar-refractivity contribution in [2.24, 2.45) is 0 Å². The lowest BCUT2D eigenvalue weighted by atomic mass is 10.3. The van der Waals surface area contributed by atoms with Gasteiger partial charge in [-0.3, -0.25) is 14.2 Å². The molecule has 0 N–H and O–H groups in total. The van der Waals surface area contributed by atoms with Crippen molar-refractivity contribution in [3.8, 4) is 5.69 Å². The average molecular weight is 373 g/mol. The van der Waals surface area contributed by atoms with Crippen molar-refractivity contribution < 1.29 is 9.18 Å². The molecule has 3 heterocycles. The minimum atomic E-state index is -0.710. The summed E-state index contributed by atoms with van der Waals surface area (Å²) >= 11 is 1.17. The monoisotopic (exact) mass is 373 g/mol. The summed E-state index contributed by atoms with van der Waals surface area (Å²) in [5.41, 5.74) is -0.987. The maximum atomic E-state index is 14.2. The fourth-order valence-corrected chi connectivity index (χ4v) is 4.11. The van der Waals surface area contributed by atoms with E-state index < -0.39 is 17.1 Å². The number of fused-ring (bicyclic) bond motifs is 1. The standard InChI is InChI=1S/C18H16FN3O3S/c19-12-5-1-2-6-13(12)22-17(24)16-14(7-10-26-16)21(18(22)25)11-15(23)20-8-3-4-9-20/h1-2,5-7,10H,3-4,8-9,11H2. The summed E-state index contributed by atoms with van der Waals surface area (Å²) in [6.45, 7) is 1.18. The molecule has 0 aliphatic carbocycles. The van der Waals surface area contributed by atoms with E-state index in [1.807, 2.05) is 0 Å². The maximum absolute atomic E-state index is 14.2. The van der Waals surface area contributed by atoms with Crippen molar-refractivity contribution >= 4 is 27.5 Å². The molecule has 6 nitrogen and oxygen atoms in total. The number of benzene rings is 1. The van der Waals surface area contributed by atoms with Crippen LogP contribution in [-0.4, -0.2) is 33.0 Å². The smallest absolute Gasteiger partial charge is 0.336 e. The number of hydrogen-bond acceptors (Lipinski definition) is 4. The van der Waals surface area contributed by atoms with Crippen molar-refractivity contribution in [2.45, 2.75) is 19.4 Å². The highest BCUT2D eigenvalue weighted by Gasteiger charge is 2.22. The molecule has 8 heteroatoms. The van der Waals surface area contributed by atoms with Crippen molar-refractivity contribution in [3.05, 3.63) is 62.4 Å². The molecule has 0 bridgehead atoms. The van der Waals surface area contributed by atoms with Crippen molar-refractivity contribution in [1.29, 1.82) is 0 Å². The number of carbonyl (C=O) groups excluding carboxylic acids is 1. The third kappa shape index (κ3) is 2.66. The number of thiophene rings is 1. The van der Waals surface area contributed by atoms with Crippen molar-refractivity contribution in [3.63, 3.8) is 0 Å². The van der Waals surface area contributed by atoms with Crippen LogP contribution in [0.4, 0.5) is 4.39 Å². The molecule has 1 amide bonds. The Hall–Kier alpha value is -2.74. The van der Waals surface area contributed by atoms with Crippen LogP contribution in [0.15, 0.2) is 45.3 Å². The van der Waals surface area contributed by atoms with E-state index in [2.05, 4.69) is 0 Å². The van der Waals surface area contributed by atoms with Gasteiger partial charge in [-0.25, -0.2) is 13.8 Å². The fourth-order valence-electron chi connectivity index (χ4n) is 3.29. The summed E-state index contributed by atoms with van der Waals surface area (Å²) in [7, 11) is 0. The normalized spacial score (nSPS) is 14.3. The number of halogens is 1. The Balaban J connectivity index is 1.92. The first-order chi connectivity index (χ1) is 12.6. The highest BCUT2D eigenvalue weighted by molar-refractivity contribution is 7.17. The topological polar surface area (TPSA) is 64.3 Å². The number of likely N-dealkylation sites (tertiary alicyclic amines) is 1. The van der Waals surface area contributed by atoms with Gasteiger partial charge in [0.2, 0.25) is 5.91 Å². The van der Waals surface area contributed by atoms with Crippen LogP contribution >= 0.6 is 11.3 Å². The van der Waals surface area contributed by atoms with Crippen LogP contribution in [0.2, 0.25) is 0 Å². The second-order valence-corrected chi connectivity index (χ2v) is 7.10. The first-order valence-electron chi connectivity index (χ1n) is 8.33. The zero-order valence-electron chi connectivity index (χ0n) is 13.9. The van der Waals surface area contributed by atoms with Crippen molar-refractivity contribution in [1.82, 2.24) is 14.0 Å². The van der Waals surface area contributed by atoms with Gasteiger partial charge in [-0.05, 0) is 36.4 Å². The summed E-state index contributed by atoms with van der Waals surface area (Å²) in [5.74, 6) is -0.837. The molecule has 0 radical (unpaired) electrons. The zero-order valence-corrected chi connectivity index (χ0v) is 14.7. The van der Waals surface area contributed by atoms with Gasteiger partial charge in [-0.15, -0.1) is 11.3 Å². The molecule has 1 saturated heterocycles. The second kappa shape index (κ2) is 6.53. The molecule has 4 rings (SSSR count). The Kier molecular flexibility index (Phi) is 4.20. The molecule has 0 atom stereocenters. The Morgan fingerprint density at radius 3 is 2.58 bits per heavy atom. The van der Waals surface area contributed by atoms with Crippen LogP contribution in [0.25, 0.3) is 15.9 Å².